The van der Waals surface area contributed by atoms with Gasteiger partial charge in [-0.15, -0.1) is 0 Å². The Morgan fingerprint density at radius 1 is 0.538 bits per heavy atom. The van der Waals surface area contributed by atoms with Gasteiger partial charge in [0.15, 0.2) is 0 Å². The monoisotopic (exact) mass is 1130 g/mol. The Hall–Kier alpha value is -4.34. The number of alkyl halides is 3. The van der Waals surface area contributed by atoms with Crippen LogP contribution >= 0.6 is 0 Å². The second kappa shape index (κ2) is 52.1. The molecule has 25 heteroatoms. The zero-order valence-corrected chi connectivity index (χ0v) is 47.8. The van der Waals surface area contributed by atoms with E-state index in [9.17, 15) is 46.3 Å². The Kier molecular flexibility index (Phi) is 52.0. The minimum atomic E-state index is -4.84. The molecule has 0 radical (unpaired) electrons. The summed E-state index contributed by atoms with van der Waals surface area (Å²) in [5, 5.41) is 31.2. The van der Waals surface area contributed by atoms with Crippen LogP contribution in [0.3, 0.4) is 0 Å². The van der Waals surface area contributed by atoms with Crippen LogP contribution in [-0.4, -0.2) is 166 Å². The number of nitrogens with two attached hydrogens (primary N) is 3. The third-order valence-electron chi connectivity index (χ3n) is 11.9. The summed E-state index contributed by atoms with van der Waals surface area (Å²) in [6.07, 6.45) is 7.19. The average molecular weight is 1130 g/mol. The van der Waals surface area contributed by atoms with Gasteiger partial charge < -0.3 is 72.8 Å². The molecule has 0 aliphatic heterocycles. The van der Waals surface area contributed by atoms with Crippen LogP contribution in [-0.2, 0) is 42.9 Å². The minimum Gasteiger partial charge on any atom is -0.423 e. The van der Waals surface area contributed by atoms with Crippen molar-refractivity contribution >= 4 is 47.9 Å². The molecule has 0 saturated heterocycles. The summed E-state index contributed by atoms with van der Waals surface area (Å²) >= 11 is 0. The van der Waals surface area contributed by atoms with Crippen LogP contribution in [0.25, 0.3) is 0 Å². The summed E-state index contributed by atoms with van der Waals surface area (Å²) < 4.78 is 69.1. The molecule has 454 valence electrons. The van der Waals surface area contributed by atoms with E-state index in [1.165, 1.54) is 12.1 Å². The lowest BCUT2D eigenvalue weighted by molar-refractivity contribution is -0.173. The molecule has 0 aromatic heterocycles. The number of unbranched alkanes of at least 4 members (excludes halogenated alkanes) is 4. The van der Waals surface area contributed by atoms with Crippen molar-refractivity contribution in [1.82, 2.24) is 26.6 Å². The fourth-order valence-corrected chi connectivity index (χ4v) is 7.04. The maximum Gasteiger partial charge on any atom is 0.488 e. The van der Waals surface area contributed by atoms with E-state index in [-0.39, 0.29) is 64.7 Å². The average Bonchev–Trinajstić information content (AvgIpc) is 3.40. The van der Waals surface area contributed by atoms with Crippen LogP contribution in [0.5, 0.6) is 0 Å². The van der Waals surface area contributed by atoms with Crippen molar-refractivity contribution in [2.45, 2.75) is 136 Å². The van der Waals surface area contributed by atoms with Gasteiger partial charge in [0.2, 0.25) is 17.7 Å². The molecule has 0 aliphatic rings. The Balaban J connectivity index is -0.00000115. The Bertz CT molecular complexity index is 1710. The number of methoxy groups -OCH3 is 4. The first-order valence-electron chi connectivity index (χ1n) is 27.3. The predicted octanol–water partition coefficient (Wildman–Crippen LogP) is 3.41. The van der Waals surface area contributed by atoms with Crippen molar-refractivity contribution in [2.24, 2.45) is 40.9 Å². The maximum atomic E-state index is 14.1. The highest BCUT2D eigenvalue weighted by atomic mass is 19.4. The molecule has 0 aliphatic carbocycles. The number of halogens is 4. The van der Waals surface area contributed by atoms with E-state index >= 15 is 0 Å². The van der Waals surface area contributed by atoms with Gasteiger partial charge in [0.1, 0.15) is 11.6 Å². The van der Waals surface area contributed by atoms with E-state index < -0.39 is 30.9 Å². The highest BCUT2D eigenvalue weighted by Crippen LogP contribution is 2.20. The largest absolute Gasteiger partial charge is 0.488 e. The van der Waals surface area contributed by atoms with Crippen molar-refractivity contribution < 1.29 is 75.3 Å². The predicted molar refractivity (Wildman–Crippen MR) is 296 cm³/mol. The van der Waals surface area contributed by atoms with Gasteiger partial charge in [-0.1, -0.05) is 52.5 Å². The van der Waals surface area contributed by atoms with E-state index in [0.29, 0.717) is 130 Å². The van der Waals surface area contributed by atoms with Crippen molar-refractivity contribution in [1.29, 1.82) is 0 Å². The van der Waals surface area contributed by atoms with Gasteiger partial charge >= 0.3 is 19.2 Å². The summed E-state index contributed by atoms with van der Waals surface area (Å²) in [5.74, 6) is -3.70. The number of Topliss-reactive ketones (excluding diaryl/α,β-unsaturated/α-hetero) is 1. The summed E-state index contributed by atoms with van der Waals surface area (Å²) in [5.41, 5.74) is 15.7. The summed E-state index contributed by atoms with van der Waals surface area (Å²) in [4.78, 5) is 71.2. The third kappa shape index (κ3) is 44.5. The Morgan fingerprint density at radius 2 is 0.962 bits per heavy atom. The highest BCUT2D eigenvalue weighted by molar-refractivity contribution is 6.58. The zero-order chi connectivity index (χ0) is 59.6. The summed E-state index contributed by atoms with van der Waals surface area (Å²) in [6.45, 7) is 12.1. The van der Waals surface area contributed by atoms with Crippen LogP contribution in [0.15, 0.2) is 18.2 Å². The molecule has 5 amide bonds. The minimum absolute atomic E-state index is 0.0379. The van der Waals surface area contributed by atoms with Crippen molar-refractivity contribution in [3.8, 4) is 0 Å². The van der Waals surface area contributed by atoms with Gasteiger partial charge in [0.25, 0.3) is 5.91 Å². The van der Waals surface area contributed by atoms with Gasteiger partial charge in [-0.05, 0) is 108 Å². The van der Waals surface area contributed by atoms with Gasteiger partial charge in [-0.2, -0.15) is 13.2 Å². The number of nitrogens with one attached hydrogen (secondary N) is 5. The lowest BCUT2D eigenvalue weighted by atomic mass is 9.80. The molecule has 78 heavy (non-hydrogen) atoms. The number of hydrogen-bond donors (Lipinski definition) is 10. The van der Waals surface area contributed by atoms with Gasteiger partial charge in [0, 0.05) is 118 Å². The molecule has 0 spiro atoms. The van der Waals surface area contributed by atoms with Crippen LogP contribution < -0.4 is 49.2 Å². The number of amides is 5. The number of hydrogen-bond acceptors (Lipinski definition) is 15. The van der Waals surface area contributed by atoms with Crippen LogP contribution in [0.4, 0.5) is 17.6 Å². The van der Waals surface area contributed by atoms with Gasteiger partial charge in [0.05, 0.1) is 12.2 Å². The van der Waals surface area contributed by atoms with E-state index in [4.69, 9.17) is 41.5 Å². The fraction of sp³-hybridized carbons (Fsp3) is 0.774. The molecule has 1 aromatic carbocycles. The van der Waals surface area contributed by atoms with Crippen molar-refractivity contribution in [2.75, 3.05) is 107 Å². The quantitative estimate of drug-likeness (QED) is 0.0255. The van der Waals surface area contributed by atoms with E-state index in [1.54, 1.807) is 40.7 Å². The molecule has 20 nitrogen and oxygen atoms in total. The molecule has 1 rings (SSSR count). The van der Waals surface area contributed by atoms with E-state index in [2.05, 4.69) is 26.0 Å². The molecular formula is C53H99BF4N8O12. The zero-order valence-electron chi connectivity index (χ0n) is 47.8. The smallest absolute Gasteiger partial charge is 0.423 e. The van der Waals surface area contributed by atoms with Crippen LogP contribution in [0.1, 0.15) is 140 Å². The molecular weight excluding hydrogens is 1030 g/mol. The fourth-order valence-electron chi connectivity index (χ4n) is 7.04. The number of ether oxygens (including phenoxy) is 4. The second-order valence-corrected chi connectivity index (χ2v) is 18.8. The van der Waals surface area contributed by atoms with E-state index in [1.807, 2.05) is 13.8 Å². The molecule has 4 atom stereocenters. The van der Waals surface area contributed by atoms with Crippen molar-refractivity contribution in [3.05, 3.63) is 29.6 Å². The second-order valence-electron chi connectivity index (χ2n) is 18.8. The molecule has 13 N–H and O–H groups in total. The molecule has 0 heterocycles. The van der Waals surface area contributed by atoms with E-state index in [0.717, 1.165) is 57.4 Å². The molecule has 4 unspecified atom stereocenters. The number of ketones is 1. The van der Waals surface area contributed by atoms with Crippen molar-refractivity contribution in [3.63, 3.8) is 0 Å². The Morgan fingerprint density at radius 3 is 1.37 bits per heavy atom. The first-order chi connectivity index (χ1) is 37.1. The maximum absolute atomic E-state index is 14.1. The standard InChI is InChI=1S/C26H43BFN3O6.C13H23F3N2O3.C11H24N2O2.C3H9NO/c1-19(8-3-5-14-29)24(32)13-10-20(25(33)30-16-7-17-37-2)9-4-6-15-31-26(34)22-12-11-21(27(35)36)18-23(22)28;1-10(11(19)17-8-5-9-21-2)6-3-4-7-18-12(20)13(14,15)16;1-10(6-3-4-7-12)11(14)13-8-5-9-15-2;1-5-3-2-4/h11-12,18-20,35-36H,3-10,13-17,29H2,1-2H3,(H,30,33)(H,31,34);10H,3-9H2,1-2H3,(H,17,19)(H,18,20);10H,3-9,12H2,1-2H3,(H,13,14);2-4H2,1H3. The topological polar surface area (TPSA) is 318 Å². The summed E-state index contributed by atoms with van der Waals surface area (Å²) in [7, 11) is 4.67. The SMILES string of the molecule is COCCCNC(=O)C(C)CCCCN.COCCCNC(=O)C(C)CCCCNC(=O)C(F)(F)F.COCCCNC(=O)C(CCCCNC(=O)c1ccc(B(O)O)cc1F)CCC(=O)C(C)CCCCN.COCCN. The normalized spacial score (nSPS) is 12.4. The third-order valence-corrected chi connectivity index (χ3v) is 11.9. The van der Waals surface area contributed by atoms with Gasteiger partial charge in [-0.3, -0.25) is 28.8 Å². The first-order valence-corrected chi connectivity index (χ1v) is 27.3. The number of rotatable bonds is 41. The summed E-state index contributed by atoms with van der Waals surface area (Å²) in [6, 6.07) is 3.39. The van der Waals surface area contributed by atoms with Crippen LogP contribution in [0.2, 0.25) is 0 Å². The highest BCUT2D eigenvalue weighted by Gasteiger charge is 2.38. The number of benzene rings is 1. The van der Waals surface area contributed by atoms with Gasteiger partial charge in [-0.25, -0.2) is 4.39 Å². The molecule has 0 saturated carbocycles. The Labute approximate surface area is 462 Å². The lowest BCUT2D eigenvalue weighted by Gasteiger charge is -2.18. The lowest BCUT2D eigenvalue weighted by Crippen LogP contribution is -2.37. The number of carbonyl (C=O) groups is 6. The molecule has 1 aromatic rings. The molecule has 0 fully saturated rings. The first kappa shape index (κ1) is 77.9. The van der Waals surface area contributed by atoms with Crippen LogP contribution in [0, 0.1) is 29.5 Å². The molecule has 0 bridgehead atoms. The number of carbonyl (C=O) groups excluding carboxylic acids is 6.